The van der Waals surface area contributed by atoms with Crippen LogP contribution in [0, 0.1) is 6.92 Å². The quantitative estimate of drug-likeness (QED) is 0.893. The van der Waals surface area contributed by atoms with Crippen molar-refractivity contribution in [3.05, 3.63) is 35.4 Å². The molecule has 0 aliphatic carbocycles. The number of likely N-dealkylation sites (tertiary alicyclic amines) is 1. The van der Waals surface area contributed by atoms with Gasteiger partial charge in [0, 0.05) is 6.54 Å². The lowest BCUT2D eigenvalue weighted by atomic mass is 9.88. The van der Waals surface area contributed by atoms with E-state index in [2.05, 4.69) is 24.0 Å². The van der Waals surface area contributed by atoms with Crippen LogP contribution in [0.4, 0.5) is 0 Å². The van der Waals surface area contributed by atoms with Crippen molar-refractivity contribution in [2.75, 3.05) is 6.54 Å². The zero-order valence-corrected chi connectivity index (χ0v) is 11.1. The van der Waals surface area contributed by atoms with Crippen molar-refractivity contribution in [3.8, 4) is 0 Å². The van der Waals surface area contributed by atoms with E-state index in [-0.39, 0.29) is 0 Å². The molecule has 1 aliphatic heterocycles. The van der Waals surface area contributed by atoms with E-state index >= 15 is 0 Å². The first kappa shape index (κ1) is 13.1. The minimum absolute atomic E-state index is 0.698. The molecule has 2 rings (SSSR count). The highest BCUT2D eigenvalue weighted by atomic mass is 16.4. The third-order valence-corrected chi connectivity index (χ3v) is 4.12. The Morgan fingerprint density at radius 3 is 2.78 bits per heavy atom. The largest absolute Gasteiger partial charge is 0.480 e. The minimum Gasteiger partial charge on any atom is -0.480 e. The number of carbonyl (C=O) groups is 1. The molecule has 3 nitrogen and oxygen atoms in total. The van der Waals surface area contributed by atoms with Gasteiger partial charge in [0.05, 0.1) is 0 Å². The maximum Gasteiger partial charge on any atom is 0.323 e. The van der Waals surface area contributed by atoms with Crippen LogP contribution in [0.5, 0.6) is 0 Å². The normalized spacial score (nSPS) is 25.0. The SMILES string of the molecule is Cc1ccccc1CN1CCCCC1(C)C(=O)O. The Balaban J connectivity index is 2.21. The van der Waals surface area contributed by atoms with E-state index in [0.29, 0.717) is 0 Å². The first-order valence-corrected chi connectivity index (χ1v) is 6.57. The maximum atomic E-state index is 11.5. The second-order valence-corrected chi connectivity index (χ2v) is 5.38. The van der Waals surface area contributed by atoms with Crippen LogP contribution in [0.15, 0.2) is 24.3 Å². The van der Waals surface area contributed by atoms with Crippen molar-refractivity contribution in [1.29, 1.82) is 0 Å². The first-order valence-electron chi connectivity index (χ1n) is 6.57. The Labute approximate surface area is 108 Å². The van der Waals surface area contributed by atoms with Gasteiger partial charge in [-0.25, -0.2) is 0 Å². The van der Waals surface area contributed by atoms with Crippen molar-refractivity contribution in [2.24, 2.45) is 0 Å². The molecule has 1 unspecified atom stereocenters. The number of hydrogen-bond acceptors (Lipinski definition) is 2. The summed E-state index contributed by atoms with van der Waals surface area (Å²) in [5, 5.41) is 9.47. The molecule has 1 saturated heterocycles. The molecular weight excluding hydrogens is 226 g/mol. The molecule has 0 spiro atoms. The second-order valence-electron chi connectivity index (χ2n) is 5.38. The molecule has 0 aromatic heterocycles. The molecule has 1 aromatic carbocycles. The molecule has 0 bridgehead atoms. The lowest BCUT2D eigenvalue weighted by Gasteiger charge is -2.41. The van der Waals surface area contributed by atoms with Crippen LogP contribution >= 0.6 is 0 Å². The van der Waals surface area contributed by atoms with Gasteiger partial charge < -0.3 is 5.11 Å². The number of aryl methyl sites for hydroxylation is 1. The van der Waals surface area contributed by atoms with Gasteiger partial charge in [-0.05, 0) is 50.8 Å². The molecule has 18 heavy (non-hydrogen) atoms. The topological polar surface area (TPSA) is 40.5 Å². The Morgan fingerprint density at radius 2 is 2.11 bits per heavy atom. The molecule has 1 heterocycles. The predicted molar refractivity (Wildman–Crippen MR) is 71.5 cm³/mol. The summed E-state index contributed by atoms with van der Waals surface area (Å²) in [5.41, 5.74) is 1.75. The van der Waals surface area contributed by atoms with Crippen molar-refractivity contribution >= 4 is 5.97 Å². The highest BCUT2D eigenvalue weighted by Crippen LogP contribution is 2.30. The number of carboxylic acid groups (broad SMARTS) is 1. The van der Waals surface area contributed by atoms with Gasteiger partial charge in [0.2, 0.25) is 0 Å². The van der Waals surface area contributed by atoms with E-state index in [1.54, 1.807) is 0 Å². The van der Waals surface area contributed by atoms with E-state index in [1.807, 2.05) is 19.1 Å². The lowest BCUT2D eigenvalue weighted by molar-refractivity contribution is -0.153. The van der Waals surface area contributed by atoms with Gasteiger partial charge >= 0.3 is 5.97 Å². The molecule has 0 saturated carbocycles. The van der Waals surface area contributed by atoms with Gasteiger partial charge in [-0.3, -0.25) is 9.69 Å². The fraction of sp³-hybridized carbons (Fsp3) is 0.533. The lowest BCUT2D eigenvalue weighted by Crippen LogP contribution is -2.54. The van der Waals surface area contributed by atoms with E-state index in [4.69, 9.17) is 0 Å². The molecule has 1 aromatic rings. The summed E-state index contributed by atoms with van der Waals surface area (Å²) in [4.78, 5) is 13.6. The third kappa shape index (κ3) is 2.41. The summed E-state index contributed by atoms with van der Waals surface area (Å²) < 4.78 is 0. The van der Waals surface area contributed by atoms with E-state index in [0.717, 1.165) is 32.4 Å². The van der Waals surface area contributed by atoms with Gasteiger partial charge in [0.25, 0.3) is 0 Å². The molecule has 1 atom stereocenters. The molecule has 1 fully saturated rings. The van der Waals surface area contributed by atoms with Crippen LogP contribution in [0.2, 0.25) is 0 Å². The van der Waals surface area contributed by atoms with E-state index in [1.165, 1.54) is 11.1 Å². The number of carboxylic acids is 1. The van der Waals surface area contributed by atoms with Crippen molar-refractivity contribution in [3.63, 3.8) is 0 Å². The van der Waals surface area contributed by atoms with E-state index in [9.17, 15) is 9.90 Å². The summed E-state index contributed by atoms with van der Waals surface area (Å²) in [6.07, 6.45) is 2.84. The van der Waals surface area contributed by atoms with Gasteiger partial charge in [-0.1, -0.05) is 24.3 Å². The summed E-state index contributed by atoms with van der Waals surface area (Å²) in [7, 11) is 0. The molecule has 3 heteroatoms. The fourth-order valence-electron chi connectivity index (χ4n) is 2.67. The Kier molecular flexibility index (Phi) is 3.71. The zero-order chi connectivity index (χ0) is 13.2. The molecule has 98 valence electrons. The van der Waals surface area contributed by atoms with Crippen LogP contribution in [-0.2, 0) is 11.3 Å². The van der Waals surface area contributed by atoms with E-state index < -0.39 is 11.5 Å². The molecule has 1 N–H and O–H groups in total. The minimum atomic E-state index is -0.708. The Morgan fingerprint density at radius 1 is 1.39 bits per heavy atom. The second kappa shape index (κ2) is 5.11. The third-order valence-electron chi connectivity index (χ3n) is 4.12. The van der Waals surface area contributed by atoms with Crippen LogP contribution in [0.1, 0.15) is 37.3 Å². The monoisotopic (exact) mass is 247 g/mol. The van der Waals surface area contributed by atoms with Gasteiger partial charge in [-0.15, -0.1) is 0 Å². The zero-order valence-electron chi connectivity index (χ0n) is 11.1. The van der Waals surface area contributed by atoms with Crippen molar-refractivity contribution in [1.82, 2.24) is 4.90 Å². The average molecular weight is 247 g/mol. The average Bonchev–Trinajstić information content (AvgIpc) is 2.34. The first-order chi connectivity index (χ1) is 8.54. The van der Waals surface area contributed by atoms with Crippen LogP contribution in [0.3, 0.4) is 0 Å². The number of nitrogens with zero attached hydrogens (tertiary/aromatic N) is 1. The van der Waals surface area contributed by atoms with Gasteiger partial charge in [-0.2, -0.15) is 0 Å². The number of aliphatic carboxylic acids is 1. The summed E-state index contributed by atoms with van der Waals surface area (Å²) in [5.74, 6) is -0.698. The number of rotatable bonds is 3. The Hall–Kier alpha value is -1.35. The molecule has 1 aliphatic rings. The summed E-state index contributed by atoms with van der Waals surface area (Å²) >= 11 is 0. The molecule has 0 amide bonds. The summed E-state index contributed by atoms with van der Waals surface area (Å²) in [6.45, 7) is 5.54. The summed E-state index contributed by atoms with van der Waals surface area (Å²) in [6, 6.07) is 8.21. The predicted octanol–water partition coefficient (Wildman–Crippen LogP) is 2.82. The number of benzene rings is 1. The van der Waals surface area contributed by atoms with Crippen molar-refractivity contribution < 1.29 is 9.90 Å². The van der Waals surface area contributed by atoms with Crippen LogP contribution < -0.4 is 0 Å². The van der Waals surface area contributed by atoms with Gasteiger partial charge in [0.15, 0.2) is 0 Å². The number of hydrogen-bond donors (Lipinski definition) is 1. The smallest absolute Gasteiger partial charge is 0.323 e. The van der Waals surface area contributed by atoms with Crippen molar-refractivity contribution in [2.45, 2.75) is 45.2 Å². The van der Waals surface area contributed by atoms with Crippen LogP contribution in [-0.4, -0.2) is 28.1 Å². The highest BCUT2D eigenvalue weighted by molar-refractivity contribution is 5.78. The highest BCUT2D eigenvalue weighted by Gasteiger charge is 2.41. The Bertz CT molecular complexity index is 444. The molecule has 0 radical (unpaired) electrons. The number of piperidine rings is 1. The van der Waals surface area contributed by atoms with Gasteiger partial charge in [0.1, 0.15) is 5.54 Å². The fourth-order valence-corrected chi connectivity index (χ4v) is 2.67. The maximum absolute atomic E-state index is 11.5. The molecular formula is C15H21NO2. The van der Waals surface area contributed by atoms with Crippen LogP contribution in [0.25, 0.3) is 0 Å². The standard InChI is InChI=1S/C15H21NO2/c1-12-7-3-4-8-13(12)11-16-10-6-5-9-15(16,2)14(17)18/h3-4,7-8H,5-6,9-11H2,1-2H3,(H,17,18).